The second kappa shape index (κ2) is 14.3. The Balaban J connectivity index is 0.000000803. The fourth-order valence-electron chi connectivity index (χ4n) is 3.99. The van der Waals surface area contributed by atoms with E-state index in [-0.39, 0.29) is 43.8 Å². The number of aromatic nitrogens is 2. The molecular weight excluding hydrogens is 624 g/mol. The molecule has 0 bridgehead atoms. The normalized spacial score (nSPS) is 17.0. The molecule has 3 heterocycles. The number of nitrogens with two attached hydrogens (primary N) is 3. The number of fused-ring (bicyclic) bond motifs is 1. The standard InChI is InChI=1S/C18H19F8N5O2.C4H11N5.ClH/c19-16(20)3-1-12(32)31(8-16)6-9(27)5-13(33)30-4-2-10-11(7-30)28-15(18(24,25)26)29-14(10)17(21,22)23;1-9(2)4(7)8-3(5)6;/h9H,1-8,27H2;1-2H3,(H5,5,6,7,8);1H/t9-;;/m0../s1. The zero-order valence-corrected chi connectivity index (χ0v) is 23.7. The third kappa shape index (κ3) is 10.9. The summed E-state index contributed by atoms with van der Waals surface area (Å²) in [4.78, 5) is 37.0. The van der Waals surface area contributed by atoms with E-state index in [2.05, 4.69) is 15.0 Å². The number of hydrogen-bond donors (Lipinski definition) is 4. The number of alkyl halides is 8. The van der Waals surface area contributed by atoms with Gasteiger partial charge in [-0.05, 0) is 6.42 Å². The third-order valence-corrected chi connectivity index (χ3v) is 5.97. The molecular formula is C22H31ClF8N10O2. The summed E-state index contributed by atoms with van der Waals surface area (Å²) in [5.41, 5.74) is 13.0. The first-order chi connectivity index (χ1) is 19.1. The number of aliphatic imine (C=N–C) groups is 1. The molecule has 2 aliphatic rings. The lowest BCUT2D eigenvalue weighted by molar-refractivity contribution is -0.153. The van der Waals surface area contributed by atoms with Gasteiger partial charge in [-0.15, -0.1) is 12.4 Å². The Morgan fingerprint density at radius 1 is 1.12 bits per heavy atom. The van der Waals surface area contributed by atoms with Gasteiger partial charge in [-0.2, -0.15) is 31.3 Å². The molecule has 1 aromatic rings. The van der Waals surface area contributed by atoms with Crippen molar-refractivity contribution in [1.29, 1.82) is 5.41 Å². The first-order valence-electron chi connectivity index (χ1n) is 12.2. The number of carbonyl (C=O) groups is 2. The minimum atomic E-state index is -5.23. The molecule has 1 aromatic heterocycles. The molecule has 0 radical (unpaired) electrons. The van der Waals surface area contributed by atoms with Gasteiger partial charge < -0.3 is 31.9 Å². The van der Waals surface area contributed by atoms with Crippen molar-refractivity contribution in [2.75, 3.05) is 33.7 Å². The maximum atomic E-state index is 13.5. The van der Waals surface area contributed by atoms with E-state index >= 15 is 0 Å². The number of nitrogens with one attached hydrogen (secondary N) is 1. The summed E-state index contributed by atoms with van der Waals surface area (Å²) in [5.74, 6) is -6.36. The number of halogens is 9. The van der Waals surface area contributed by atoms with Gasteiger partial charge in [-0.1, -0.05) is 0 Å². The summed E-state index contributed by atoms with van der Waals surface area (Å²) in [6.45, 7) is -2.07. The average Bonchev–Trinajstić information content (AvgIpc) is 2.83. The van der Waals surface area contributed by atoms with Crippen LogP contribution in [0.1, 0.15) is 42.0 Å². The van der Waals surface area contributed by atoms with E-state index in [1.54, 1.807) is 14.1 Å². The van der Waals surface area contributed by atoms with Crippen LogP contribution in [-0.2, 0) is 34.9 Å². The number of guanidine groups is 2. The molecule has 0 aromatic carbocycles. The lowest BCUT2D eigenvalue weighted by atomic mass is 10.0. The smallest absolute Gasteiger partial charge is 0.370 e. The van der Waals surface area contributed by atoms with E-state index in [0.717, 1.165) is 9.80 Å². The molecule has 43 heavy (non-hydrogen) atoms. The Labute approximate surface area is 246 Å². The first kappa shape index (κ1) is 37.5. The highest BCUT2D eigenvalue weighted by molar-refractivity contribution is 5.91. The highest BCUT2D eigenvalue weighted by atomic mass is 35.5. The summed E-state index contributed by atoms with van der Waals surface area (Å²) in [7, 11) is 3.38. The topological polar surface area (TPSA) is 184 Å². The number of likely N-dealkylation sites (tertiary alicyclic amines) is 1. The molecule has 2 aliphatic heterocycles. The van der Waals surface area contributed by atoms with E-state index in [1.807, 2.05) is 0 Å². The van der Waals surface area contributed by atoms with Gasteiger partial charge in [0.05, 0.1) is 18.8 Å². The lowest BCUT2D eigenvalue weighted by Crippen LogP contribution is -2.51. The predicted octanol–water partition coefficient (Wildman–Crippen LogP) is 1.55. The SMILES string of the molecule is CN(C)C(=N)N=C(N)N.Cl.N[C@@H](CC(=O)N1CCc2c(nc(C(F)(F)F)nc2C(F)(F)F)C1)CN1CC(F)(F)CCC1=O. The summed E-state index contributed by atoms with van der Waals surface area (Å²) in [6, 6.07) is -1.06. The van der Waals surface area contributed by atoms with Gasteiger partial charge in [0.1, 0.15) is 0 Å². The van der Waals surface area contributed by atoms with Crippen LogP contribution in [0, 0.1) is 5.41 Å². The van der Waals surface area contributed by atoms with Crippen molar-refractivity contribution < 1.29 is 44.7 Å². The number of carbonyl (C=O) groups excluding carboxylic acids is 2. The van der Waals surface area contributed by atoms with Gasteiger partial charge in [-0.3, -0.25) is 15.0 Å². The molecule has 0 saturated carbocycles. The van der Waals surface area contributed by atoms with Crippen LogP contribution in [-0.4, -0.2) is 94.1 Å². The highest BCUT2D eigenvalue weighted by Gasteiger charge is 2.44. The molecule has 12 nitrogen and oxygen atoms in total. The van der Waals surface area contributed by atoms with Crippen LogP contribution in [0.15, 0.2) is 4.99 Å². The van der Waals surface area contributed by atoms with Crippen molar-refractivity contribution in [2.24, 2.45) is 22.2 Å². The summed E-state index contributed by atoms with van der Waals surface area (Å²) in [5, 5.41) is 7.05. The summed E-state index contributed by atoms with van der Waals surface area (Å²) >= 11 is 0. The van der Waals surface area contributed by atoms with Gasteiger partial charge in [0.2, 0.25) is 23.6 Å². The minimum Gasteiger partial charge on any atom is -0.370 e. The van der Waals surface area contributed by atoms with Gasteiger partial charge in [0.15, 0.2) is 11.7 Å². The minimum absolute atomic E-state index is 0. The number of hydrogen-bond acceptors (Lipinski definition) is 6. The molecule has 7 N–H and O–H groups in total. The number of piperidine rings is 1. The van der Waals surface area contributed by atoms with Gasteiger partial charge in [0, 0.05) is 58.1 Å². The predicted molar refractivity (Wildman–Crippen MR) is 139 cm³/mol. The van der Waals surface area contributed by atoms with Crippen molar-refractivity contribution in [3.63, 3.8) is 0 Å². The quantitative estimate of drug-likeness (QED) is 0.214. The number of rotatable bonds is 4. The third-order valence-electron chi connectivity index (χ3n) is 5.97. The van der Waals surface area contributed by atoms with Crippen LogP contribution >= 0.6 is 12.4 Å². The molecule has 0 spiro atoms. The highest BCUT2D eigenvalue weighted by Crippen LogP contribution is 2.37. The van der Waals surface area contributed by atoms with Crippen LogP contribution in [0.2, 0.25) is 0 Å². The van der Waals surface area contributed by atoms with Crippen LogP contribution in [0.25, 0.3) is 0 Å². The molecule has 1 fully saturated rings. The molecule has 1 atom stereocenters. The van der Waals surface area contributed by atoms with E-state index in [0.29, 0.717) is 0 Å². The lowest BCUT2D eigenvalue weighted by Gasteiger charge is -2.34. The zero-order valence-electron chi connectivity index (χ0n) is 22.9. The first-order valence-corrected chi connectivity index (χ1v) is 12.2. The fourth-order valence-corrected chi connectivity index (χ4v) is 3.99. The van der Waals surface area contributed by atoms with Crippen molar-refractivity contribution in [3.8, 4) is 0 Å². The van der Waals surface area contributed by atoms with Crippen LogP contribution in [0.4, 0.5) is 35.1 Å². The summed E-state index contributed by atoms with van der Waals surface area (Å²) < 4.78 is 106. The Morgan fingerprint density at radius 2 is 1.72 bits per heavy atom. The molecule has 1 saturated heterocycles. The van der Waals surface area contributed by atoms with E-state index in [1.165, 1.54) is 4.90 Å². The van der Waals surface area contributed by atoms with Gasteiger partial charge in [-0.25, -0.2) is 18.7 Å². The Morgan fingerprint density at radius 3 is 2.21 bits per heavy atom. The number of amides is 2. The van der Waals surface area contributed by atoms with Crippen LogP contribution < -0.4 is 17.2 Å². The zero-order chi connectivity index (χ0) is 32.2. The maximum Gasteiger partial charge on any atom is 0.451 e. The van der Waals surface area contributed by atoms with Crippen LogP contribution in [0.5, 0.6) is 0 Å². The molecule has 3 rings (SSSR count). The van der Waals surface area contributed by atoms with Gasteiger partial charge in [0.25, 0.3) is 5.92 Å². The Kier molecular flexibility index (Phi) is 12.4. The van der Waals surface area contributed by atoms with Crippen LogP contribution in [0.3, 0.4) is 0 Å². The monoisotopic (exact) mass is 654 g/mol. The molecule has 244 valence electrons. The van der Waals surface area contributed by atoms with Gasteiger partial charge >= 0.3 is 12.4 Å². The van der Waals surface area contributed by atoms with E-state index < -0.39 is 91.3 Å². The van der Waals surface area contributed by atoms with Crippen molar-refractivity contribution in [3.05, 3.63) is 22.8 Å². The molecule has 0 unspecified atom stereocenters. The molecule has 21 heteroatoms. The van der Waals surface area contributed by atoms with Crippen molar-refractivity contribution in [1.82, 2.24) is 24.7 Å². The van der Waals surface area contributed by atoms with Crippen molar-refractivity contribution in [2.45, 2.75) is 56.5 Å². The molecule has 0 aliphatic carbocycles. The second-order valence-electron chi connectivity index (χ2n) is 9.73. The maximum absolute atomic E-state index is 13.5. The average molecular weight is 655 g/mol. The van der Waals surface area contributed by atoms with E-state index in [9.17, 15) is 44.7 Å². The summed E-state index contributed by atoms with van der Waals surface area (Å²) in [6.07, 6.45) is -12.2. The van der Waals surface area contributed by atoms with Crippen molar-refractivity contribution >= 4 is 36.1 Å². The largest absolute Gasteiger partial charge is 0.451 e. The second-order valence-corrected chi connectivity index (χ2v) is 9.73. The van der Waals surface area contributed by atoms with E-state index in [4.69, 9.17) is 22.6 Å². The number of nitrogens with zero attached hydrogens (tertiary/aromatic N) is 6. The molecule has 2 amide bonds. The fraction of sp³-hybridized carbons (Fsp3) is 0.636. The Hall–Kier alpha value is -3.55. The Bertz CT molecular complexity index is 1210.